The Kier molecular flexibility index (Phi) is 7.31. The number of hydrogen-bond donors (Lipinski definition) is 0. The molecule has 3 rings (SSSR count). The Labute approximate surface area is 181 Å². The number of cyclic esters (lactones) is 1. The van der Waals surface area contributed by atoms with Crippen LogP contribution in [0.5, 0.6) is 0 Å². The molecule has 0 aliphatic carbocycles. The molecule has 0 spiro atoms. The number of nitrogens with zero attached hydrogens (tertiary/aromatic N) is 1. The van der Waals surface area contributed by atoms with Gasteiger partial charge in [-0.05, 0) is 52.9 Å². The lowest BCUT2D eigenvalue weighted by atomic mass is 10.0. The highest BCUT2D eigenvalue weighted by Crippen LogP contribution is 2.22. The molecule has 0 N–H and O–H groups in total. The average Bonchev–Trinajstić information content (AvgIpc) is 3.09. The van der Waals surface area contributed by atoms with E-state index >= 15 is 0 Å². The fraction of sp³-hybridized carbons (Fsp3) is 0.318. The number of imide groups is 1. The molecule has 30 heavy (non-hydrogen) atoms. The highest BCUT2D eigenvalue weighted by atomic mass is 79.9. The Hall–Kier alpha value is -2.61. The summed E-state index contributed by atoms with van der Waals surface area (Å²) in [6, 6.07) is 11.3. The molecule has 1 fully saturated rings. The minimum atomic E-state index is -1.10. The molecule has 1 atom stereocenters. The number of carbonyl (C=O) groups is 3. The Balaban J connectivity index is 1.50. The first-order valence-corrected chi connectivity index (χ1v) is 10.4. The number of rotatable bonds is 8. The van der Waals surface area contributed by atoms with Crippen molar-refractivity contribution in [3.8, 4) is 0 Å². The largest absolute Gasteiger partial charge is 0.447 e. The second kappa shape index (κ2) is 9.93. The number of ketones is 1. The number of unbranched alkanes of at least 4 members (excludes halogenated alkanes) is 1. The summed E-state index contributed by atoms with van der Waals surface area (Å²) in [4.78, 5) is 37.9. The van der Waals surface area contributed by atoms with Gasteiger partial charge in [0.1, 0.15) is 6.61 Å². The first-order valence-electron chi connectivity index (χ1n) is 9.57. The van der Waals surface area contributed by atoms with E-state index in [1.54, 1.807) is 0 Å². The molecule has 1 saturated heterocycles. The fourth-order valence-electron chi connectivity index (χ4n) is 3.35. The molecule has 2 amide bonds. The van der Waals surface area contributed by atoms with Crippen molar-refractivity contribution < 1.29 is 27.9 Å². The quantitative estimate of drug-likeness (QED) is 0.301. The molecule has 0 radical (unpaired) electrons. The van der Waals surface area contributed by atoms with Gasteiger partial charge >= 0.3 is 6.09 Å². The van der Waals surface area contributed by atoms with Gasteiger partial charge in [0.25, 0.3) is 0 Å². The standard InChI is InChI=1S/C22H20BrF2NO4/c23-17-11-15(12-18(24)21(17)25)19(27)8-4-5-9-20(28)26-16(13-30-22(26)29)10-14-6-2-1-3-7-14/h1-3,6-7,11-12,16H,4-5,8-10,13H2/t16-/m1/s1. The monoisotopic (exact) mass is 479 g/mol. The van der Waals surface area contributed by atoms with Crippen LogP contribution in [0.4, 0.5) is 13.6 Å². The van der Waals surface area contributed by atoms with Gasteiger partial charge in [0.05, 0.1) is 10.5 Å². The minimum Gasteiger partial charge on any atom is -0.447 e. The normalized spacial score (nSPS) is 15.9. The summed E-state index contributed by atoms with van der Waals surface area (Å²) in [5.74, 6) is -2.83. The van der Waals surface area contributed by atoms with Gasteiger partial charge in [-0.2, -0.15) is 0 Å². The zero-order valence-corrected chi connectivity index (χ0v) is 17.7. The highest BCUT2D eigenvalue weighted by Gasteiger charge is 2.37. The molecule has 1 aliphatic rings. The lowest BCUT2D eigenvalue weighted by molar-refractivity contribution is -0.129. The third kappa shape index (κ3) is 5.30. The molecular formula is C22H20BrF2NO4. The maximum Gasteiger partial charge on any atom is 0.416 e. The Morgan fingerprint density at radius 2 is 1.80 bits per heavy atom. The van der Waals surface area contributed by atoms with E-state index in [0.29, 0.717) is 19.3 Å². The van der Waals surface area contributed by atoms with Crippen LogP contribution in [0.1, 0.15) is 41.6 Å². The van der Waals surface area contributed by atoms with E-state index in [4.69, 9.17) is 4.74 Å². The smallest absolute Gasteiger partial charge is 0.416 e. The minimum absolute atomic E-state index is 0.0677. The van der Waals surface area contributed by atoms with Crippen molar-refractivity contribution in [2.24, 2.45) is 0 Å². The zero-order chi connectivity index (χ0) is 21.7. The van der Waals surface area contributed by atoms with Gasteiger partial charge < -0.3 is 4.74 Å². The summed E-state index contributed by atoms with van der Waals surface area (Å²) >= 11 is 2.88. The molecule has 0 unspecified atom stereocenters. The van der Waals surface area contributed by atoms with Crippen molar-refractivity contribution in [2.45, 2.75) is 38.1 Å². The predicted octanol–water partition coefficient (Wildman–Crippen LogP) is 5.06. The third-order valence-corrected chi connectivity index (χ3v) is 5.47. The van der Waals surface area contributed by atoms with Crippen LogP contribution in [0.25, 0.3) is 0 Å². The van der Waals surface area contributed by atoms with Crippen molar-refractivity contribution >= 4 is 33.7 Å². The molecule has 1 heterocycles. The van der Waals surface area contributed by atoms with Crippen LogP contribution in [0.2, 0.25) is 0 Å². The molecule has 0 saturated carbocycles. The van der Waals surface area contributed by atoms with Crippen LogP contribution in [0, 0.1) is 11.6 Å². The van der Waals surface area contributed by atoms with E-state index in [9.17, 15) is 23.2 Å². The lowest BCUT2D eigenvalue weighted by Gasteiger charge is -2.19. The number of ether oxygens (including phenoxy) is 1. The number of benzene rings is 2. The summed E-state index contributed by atoms with van der Waals surface area (Å²) in [6.07, 6.45) is 0.813. The van der Waals surface area contributed by atoms with Gasteiger partial charge in [-0.1, -0.05) is 30.3 Å². The van der Waals surface area contributed by atoms with Gasteiger partial charge in [0, 0.05) is 18.4 Å². The Morgan fingerprint density at radius 3 is 2.50 bits per heavy atom. The highest BCUT2D eigenvalue weighted by molar-refractivity contribution is 9.10. The third-order valence-electron chi connectivity index (χ3n) is 4.89. The van der Waals surface area contributed by atoms with Crippen LogP contribution in [0.15, 0.2) is 46.9 Å². The predicted molar refractivity (Wildman–Crippen MR) is 109 cm³/mol. The zero-order valence-electron chi connectivity index (χ0n) is 16.1. The van der Waals surface area contributed by atoms with E-state index in [1.165, 1.54) is 6.07 Å². The van der Waals surface area contributed by atoms with Gasteiger partial charge in [-0.15, -0.1) is 0 Å². The molecule has 5 nitrogen and oxygen atoms in total. The van der Waals surface area contributed by atoms with Crippen LogP contribution >= 0.6 is 15.9 Å². The molecule has 2 aromatic carbocycles. The van der Waals surface area contributed by atoms with Gasteiger partial charge in [0.2, 0.25) is 5.91 Å². The number of amides is 2. The fourth-order valence-corrected chi connectivity index (χ4v) is 3.78. The molecule has 2 aromatic rings. The van der Waals surface area contributed by atoms with Crippen molar-refractivity contribution in [2.75, 3.05) is 6.61 Å². The van der Waals surface area contributed by atoms with Gasteiger partial charge in [-0.25, -0.2) is 18.5 Å². The molecule has 0 bridgehead atoms. The average molecular weight is 480 g/mol. The molecule has 1 aliphatic heterocycles. The van der Waals surface area contributed by atoms with E-state index in [-0.39, 0.29) is 47.2 Å². The summed E-state index contributed by atoms with van der Waals surface area (Å²) < 4.78 is 31.7. The van der Waals surface area contributed by atoms with E-state index in [1.807, 2.05) is 30.3 Å². The summed E-state index contributed by atoms with van der Waals surface area (Å²) in [7, 11) is 0. The Bertz CT molecular complexity index is 928. The van der Waals surface area contributed by atoms with Crippen LogP contribution in [-0.2, 0) is 16.0 Å². The van der Waals surface area contributed by atoms with Crippen molar-refractivity contribution in [1.29, 1.82) is 0 Å². The summed E-state index contributed by atoms with van der Waals surface area (Å²) in [5.41, 5.74) is 1.07. The molecule has 8 heteroatoms. The topological polar surface area (TPSA) is 63.7 Å². The maximum atomic E-state index is 13.4. The van der Waals surface area contributed by atoms with E-state index < -0.39 is 17.7 Å². The van der Waals surface area contributed by atoms with Crippen LogP contribution in [-0.4, -0.2) is 35.3 Å². The van der Waals surface area contributed by atoms with E-state index in [2.05, 4.69) is 15.9 Å². The van der Waals surface area contributed by atoms with Crippen LogP contribution < -0.4 is 0 Å². The van der Waals surface area contributed by atoms with Crippen molar-refractivity contribution in [1.82, 2.24) is 4.90 Å². The number of hydrogen-bond acceptors (Lipinski definition) is 4. The first kappa shape index (κ1) is 22.1. The maximum absolute atomic E-state index is 13.4. The molecular weight excluding hydrogens is 460 g/mol. The van der Waals surface area contributed by atoms with Crippen LogP contribution in [0.3, 0.4) is 0 Å². The summed E-state index contributed by atoms with van der Waals surface area (Å²) in [5, 5.41) is 0. The number of halogens is 3. The van der Waals surface area contributed by atoms with Gasteiger partial charge in [-0.3, -0.25) is 9.59 Å². The summed E-state index contributed by atoms with van der Waals surface area (Å²) in [6.45, 7) is 0.156. The van der Waals surface area contributed by atoms with Crippen molar-refractivity contribution in [3.63, 3.8) is 0 Å². The van der Waals surface area contributed by atoms with Gasteiger partial charge in [0.15, 0.2) is 17.4 Å². The second-order valence-corrected chi connectivity index (χ2v) is 7.92. The lowest BCUT2D eigenvalue weighted by Crippen LogP contribution is -2.40. The van der Waals surface area contributed by atoms with E-state index in [0.717, 1.165) is 16.5 Å². The molecule has 158 valence electrons. The SMILES string of the molecule is O=C(CCCCC(=O)N1C(=O)OC[C@H]1Cc1ccccc1)c1cc(F)c(F)c(Br)c1. The van der Waals surface area contributed by atoms with Crippen molar-refractivity contribution in [3.05, 3.63) is 69.7 Å². The Morgan fingerprint density at radius 1 is 1.10 bits per heavy atom. The first-order chi connectivity index (χ1) is 14.4. The second-order valence-electron chi connectivity index (χ2n) is 7.07. The molecule has 0 aromatic heterocycles. The number of Topliss-reactive ketones (excluding diaryl/α,β-unsaturated/α-hetero) is 1. The number of carbonyl (C=O) groups excluding carboxylic acids is 3.